The van der Waals surface area contributed by atoms with Gasteiger partial charge < -0.3 is 10.1 Å². The normalized spacial score (nSPS) is 22.7. The largest absolute Gasteiger partial charge is 0.444 e. The molecule has 0 saturated heterocycles. The highest BCUT2D eigenvalue weighted by Crippen LogP contribution is 2.50. The topological polar surface area (TPSA) is 38.3 Å². The first-order chi connectivity index (χ1) is 8.64. The Kier molecular flexibility index (Phi) is 5.47. The molecular weight excluding hydrogens is 272 g/mol. The lowest BCUT2D eigenvalue weighted by Gasteiger charge is -2.23. The molecule has 0 heterocycles. The lowest BCUT2D eigenvalue weighted by atomic mass is 10.2. The van der Waals surface area contributed by atoms with E-state index in [0.717, 1.165) is 6.42 Å². The number of ether oxygens (including phenoxy) is 1. The molecule has 1 amide bonds. The minimum atomic E-state index is -2.45. The summed E-state index contributed by atoms with van der Waals surface area (Å²) in [5.41, 5.74) is -0.522. The van der Waals surface area contributed by atoms with E-state index in [1.807, 2.05) is 6.92 Å². The van der Waals surface area contributed by atoms with Gasteiger partial charge in [-0.2, -0.15) is 11.8 Å². The summed E-state index contributed by atoms with van der Waals surface area (Å²) in [6.45, 7) is 7.36. The third-order valence-electron chi connectivity index (χ3n) is 2.81. The third-order valence-corrected chi connectivity index (χ3v) is 4.08. The smallest absolute Gasteiger partial charge is 0.407 e. The second-order valence-corrected chi connectivity index (χ2v) is 7.03. The zero-order valence-electron chi connectivity index (χ0n) is 12.0. The molecule has 0 bridgehead atoms. The fraction of sp³-hybridized carbons (Fsp3) is 0.923. The molecular formula is C13H23F2NO2S. The third kappa shape index (κ3) is 6.45. The molecule has 0 aliphatic heterocycles. The summed E-state index contributed by atoms with van der Waals surface area (Å²) in [6.07, 6.45) is 0.320. The van der Waals surface area contributed by atoms with Crippen LogP contribution < -0.4 is 5.32 Å². The van der Waals surface area contributed by atoms with Crippen LogP contribution >= 0.6 is 11.8 Å². The molecule has 1 N–H and O–H groups in total. The molecule has 1 saturated carbocycles. The van der Waals surface area contributed by atoms with Crippen molar-refractivity contribution in [2.45, 2.75) is 58.1 Å². The first-order valence-corrected chi connectivity index (χ1v) is 7.74. The van der Waals surface area contributed by atoms with E-state index in [9.17, 15) is 13.6 Å². The summed E-state index contributed by atoms with van der Waals surface area (Å²) in [5, 5.41) is 2.77. The number of thioether (sulfide) groups is 1. The van der Waals surface area contributed by atoms with Gasteiger partial charge in [0, 0.05) is 29.9 Å². The fourth-order valence-corrected chi connectivity index (χ4v) is 2.92. The van der Waals surface area contributed by atoms with Gasteiger partial charge in [-0.3, -0.25) is 0 Å². The van der Waals surface area contributed by atoms with Crippen LogP contribution in [0.4, 0.5) is 13.6 Å². The second kappa shape index (κ2) is 6.29. The Bertz CT molecular complexity index is 318. The average Bonchev–Trinajstić information content (AvgIpc) is 2.82. The van der Waals surface area contributed by atoms with Gasteiger partial charge in [-0.25, -0.2) is 13.6 Å². The highest BCUT2D eigenvalue weighted by molar-refractivity contribution is 7.99. The number of hydrogen-bond donors (Lipinski definition) is 1. The van der Waals surface area contributed by atoms with Gasteiger partial charge in [-0.05, 0) is 27.2 Å². The number of rotatable bonds is 6. The van der Waals surface area contributed by atoms with Crippen molar-refractivity contribution in [2.75, 3.05) is 11.5 Å². The lowest BCUT2D eigenvalue weighted by Crippen LogP contribution is -2.40. The zero-order chi connectivity index (χ0) is 14.7. The van der Waals surface area contributed by atoms with Crippen molar-refractivity contribution in [3.05, 3.63) is 0 Å². The van der Waals surface area contributed by atoms with Crippen molar-refractivity contribution in [3.8, 4) is 0 Å². The molecule has 0 aromatic carbocycles. The number of carbonyl (C=O) groups is 1. The first-order valence-electron chi connectivity index (χ1n) is 6.59. The van der Waals surface area contributed by atoms with Gasteiger partial charge in [-0.15, -0.1) is 0 Å². The number of alkyl carbamates (subject to hydrolysis) is 1. The Morgan fingerprint density at radius 3 is 2.53 bits per heavy atom. The molecule has 0 spiro atoms. The van der Waals surface area contributed by atoms with Crippen LogP contribution in [0.3, 0.4) is 0 Å². The molecule has 0 aromatic heterocycles. The van der Waals surface area contributed by atoms with Gasteiger partial charge in [-0.1, -0.05) is 6.92 Å². The standard InChI is InChI=1S/C13H23F2NO2S/c1-5-10(16-11(17)18-12(2,3)4)8-19-7-9-6-13(9,14)15/h9-10H,5-8H2,1-4H3,(H,16,17). The Hall–Kier alpha value is -0.520. The van der Waals surface area contributed by atoms with E-state index in [4.69, 9.17) is 4.74 Å². The van der Waals surface area contributed by atoms with Crippen LogP contribution in [-0.4, -0.2) is 35.2 Å². The highest BCUT2D eigenvalue weighted by Gasteiger charge is 2.56. The molecule has 19 heavy (non-hydrogen) atoms. The minimum Gasteiger partial charge on any atom is -0.444 e. The Labute approximate surface area is 117 Å². The van der Waals surface area contributed by atoms with E-state index in [-0.39, 0.29) is 12.5 Å². The van der Waals surface area contributed by atoms with Gasteiger partial charge in [0.05, 0.1) is 0 Å². The molecule has 6 heteroatoms. The SMILES string of the molecule is CCC(CSCC1CC1(F)F)NC(=O)OC(C)(C)C. The number of nitrogens with one attached hydrogen (secondary N) is 1. The van der Waals surface area contributed by atoms with Crippen LogP contribution in [-0.2, 0) is 4.74 Å². The Morgan fingerprint density at radius 2 is 2.11 bits per heavy atom. The van der Waals surface area contributed by atoms with E-state index < -0.39 is 23.5 Å². The minimum absolute atomic E-state index is 0.0102. The zero-order valence-corrected chi connectivity index (χ0v) is 12.8. The molecule has 2 atom stereocenters. The summed E-state index contributed by atoms with van der Waals surface area (Å²) in [6, 6.07) is -0.0350. The maximum Gasteiger partial charge on any atom is 0.407 e. The monoisotopic (exact) mass is 295 g/mol. The van der Waals surface area contributed by atoms with E-state index in [1.165, 1.54) is 11.8 Å². The predicted molar refractivity (Wildman–Crippen MR) is 73.8 cm³/mol. The first kappa shape index (κ1) is 16.5. The maximum atomic E-state index is 12.7. The number of carbonyl (C=O) groups excluding carboxylic acids is 1. The van der Waals surface area contributed by atoms with Crippen LogP contribution in [0.25, 0.3) is 0 Å². The molecule has 1 aliphatic carbocycles. The molecule has 1 aliphatic rings. The average molecular weight is 295 g/mol. The summed E-state index contributed by atoms with van der Waals surface area (Å²) in [4.78, 5) is 11.6. The summed E-state index contributed by atoms with van der Waals surface area (Å²) >= 11 is 1.47. The van der Waals surface area contributed by atoms with Crippen molar-refractivity contribution < 1.29 is 18.3 Å². The van der Waals surface area contributed by atoms with Gasteiger partial charge in [0.15, 0.2) is 0 Å². The summed E-state index contributed by atoms with van der Waals surface area (Å²) < 4.78 is 30.6. The maximum absolute atomic E-state index is 12.7. The van der Waals surface area contributed by atoms with Crippen molar-refractivity contribution >= 4 is 17.9 Å². The van der Waals surface area contributed by atoms with E-state index >= 15 is 0 Å². The van der Waals surface area contributed by atoms with Crippen LogP contribution in [0.15, 0.2) is 0 Å². The van der Waals surface area contributed by atoms with Gasteiger partial charge in [0.1, 0.15) is 5.60 Å². The van der Waals surface area contributed by atoms with Gasteiger partial charge >= 0.3 is 6.09 Å². The fourth-order valence-electron chi connectivity index (χ4n) is 1.54. The van der Waals surface area contributed by atoms with E-state index in [1.54, 1.807) is 20.8 Å². The van der Waals surface area contributed by atoms with Crippen LogP contribution in [0, 0.1) is 5.92 Å². The summed E-state index contributed by atoms with van der Waals surface area (Å²) in [5.74, 6) is -1.83. The molecule has 0 aromatic rings. The molecule has 1 rings (SSSR count). The van der Waals surface area contributed by atoms with E-state index in [0.29, 0.717) is 11.5 Å². The molecule has 3 nitrogen and oxygen atoms in total. The Morgan fingerprint density at radius 1 is 1.53 bits per heavy atom. The highest BCUT2D eigenvalue weighted by atomic mass is 32.2. The van der Waals surface area contributed by atoms with Crippen LogP contribution in [0.5, 0.6) is 0 Å². The summed E-state index contributed by atoms with van der Waals surface area (Å²) in [7, 11) is 0. The van der Waals surface area contributed by atoms with E-state index in [2.05, 4.69) is 5.32 Å². The number of alkyl halides is 2. The van der Waals surface area contributed by atoms with Crippen molar-refractivity contribution in [1.29, 1.82) is 0 Å². The lowest BCUT2D eigenvalue weighted by molar-refractivity contribution is 0.0508. The molecule has 1 fully saturated rings. The van der Waals surface area contributed by atoms with Crippen molar-refractivity contribution in [1.82, 2.24) is 5.32 Å². The van der Waals surface area contributed by atoms with Gasteiger partial charge in [0.25, 0.3) is 5.92 Å². The number of amides is 1. The molecule has 2 unspecified atom stereocenters. The van der Waals surface area contributed by atoms with Gasteiger partial charge in [0.2, 0.25) is 0 Å². The Balaban J connectivity index is 2.20. The van der Waals surface area contributed by atoms with Crippen LogP contribution in [0.1, 0.15) is 40.5 Å². The van der Waals surface area contributed by atoms with Crippen molar-refractivity contribution in [2.24, 2.45) is 5.92 Å². The second-order valence-electron chi connectivity index (χ2n) is 5.95. The number of halogens is 2. The number of hydrogen-bond acceptors (Lipinski definition) is 3. The quantitative estimate of drug-likeness (QED) is 0.812. The predicted octanol–water partition coefficient (Wildman–Crippen LogP) is 3.68. The van der Waals surface area contributed by atoms with Crippen molar-refractivity contribution in [3.63, 3.8) is 0 Å². The molecule has 0 radical (unpaired) electrons. The van der Waals surface area contributed by atoms with Crippen LogP contribution in [0.2, 0.25) is 0 Å². The molecule has 112 valence electrons.